The van der Waals surface area contributed by atoms with Gasteiger partial charge in [-0.15, -0.1) is 0 Å². The average molecular weight is 238 g/mol. The van der Waals surface area contributed by atoms with Crippen LogP contribution in [0.4, 0.5) is 0 Å². The molecule has 0 aliphatic rings. The highest BCUT2D eigenvalue weighted by atomic mass is 32.1. The van der Waals surface area contributed by atoms with Crippen molar-refractivity contribution in [3.8, 4) is 0 Å². The Balaban J connectivity index is 4.43. The molecule has 82 valence electrons. The minimum Gasteiger partial charge on any atom is -0.289 e. The SMILES string of the molecule is NN[C@@H](CS)C(=O)C(=O)[C@H](CS)NN. The number of carbonyl (C=O) groups is 2. The van der Waals surface area contributed by atoms with E-state index in [1.807, 2.05) is 0 Å². The minimum absolute atomic E-state index is 0.144. The standard InChI is InChI=1S/C6H14N4O2S2/c7-9-3(1-13)5(11)6(12)4(2-14)10-8/h3-4,9-10,13-14H,1-2,7-8H2/t3-,4-/m0/s1. The number of rotatable bonds is 7. The van der Waals surface area contributed by atoms with Gasteiger partial charge in [-0.05, 0) is 0 Å². The number of hydrogen-bond acceptors (Lipinski definition) is 8. The molecular weight excluding hydrogens is 224 g/mol. The van der Waals surface area contributed by atoms with Gasteiger partial charge in [-0.3, -0.25) is 21.3 Å². The first-order chi connectivity index (χ1) is 6.62. The Labute approximate surface area is 92.9 Å². The lowest BCUT2D eigenvalue weighted by Crippen LogP contribution is -2.53. The lowest BCUT2D eigenvalue weighted by atomic mass is 10.1. The van der Waals surface area contributed by atoms with Crippen LogP contribution in [0.1, 0.15) is 0 Å². The fourth-order valence-corrected chi connectivity index (χ4v) is 1.31. The van der Waals surface area contributed by atoms with E-state index in [4.69, 9.17) is 11.7 Å². The van der Waals surface area contributed by atoms with Crippen LogP contribution in [0.3, 0.4) is 0 Å². The molecule has 14 heavy (non-hydrogen) atoms. The summed E-state index contributed by atoms with van der Waals surface area (Å²) in [5.74, 6) is 9.11. The van der Waals surface area contributed by atoms with Crippen molar-refractivity contribution in [3.05, 3.63) is 0 Å². The number of ketones is 2. The fourth-order valence-electron chi connectivity index (χ4n) is 0.766. The summed E-state index contributed by atoms with van der Waals surface area (Å²) in [6, 6.07) is -1.58. The van der Waals surface area contributed by atoms with Crippen LogP contribution in [0.2, 0.25) is 0 Å². The van der Waals surface area contributed by atoms with Crippen molar-refractivity contribution in [2.45, 2.75) is 12.1 Å². The summed E-state index contributed by atoms with van der Waals surface area (Å²) < 4.78 is 0. The largest absolute Gasteiger partial charge is 0.289 e. The summed E-state index contributed by atoms with van der Waals surface area (Å²) in [7, 11) is 0. The molecule has 0 saturated carbocycles. The fraction of sp³-hybridized carbons (Fsp3) is 0.667. The molecule has 0 amide bonds. The molecule has 0 unspecified atom stereocenters. The van der Waals surface area contributed by atoms with Crippen LogP contribution >= 0.6 is 25.3 Å². The van der Waals surface area contributed by atoms with E-state index in [0.29, 0.717) is 0 Å². The topological polar surface area (TPSA) is 110 Å². The molecule has 0 spiro atoms. The minimum atomic E-state index is -0.790. The summed E-state index contributed by atoms with van der Waals surface area (Å²) in [5, 5.41) is 0. The average Bonchev–Trinajstić information content (AvgIpc) is 2.21. The van der Waals surface area contributed by atoms with E-state index in [2.05, 4.69) is 36.1 Å². The highest BCUT2D eigenvalue weighted by molar-refractivity contribution is 7.80. The lowest BCUT2D eigenvalue weighted by molar-refractivity contribution is -0.138. The first-order valence-electron chi connectivity index (χ1n) is 3.84. The van der Waals surface area contributed by atoms with Crippen molar-refractivity contribution in [1.82, 2.24) is 10.9 Å². The zero-order chi connectivity index (χ0) is 11.1. The maximum absolute atomic E-state index is 11.4. The molecular formula is C6H14N4O2S2. The van der Waals surface area contributed by atoms with Crippen molar-refractivity contribution in [2.75, 3.05) is 11.5 Å². The van der Waals surface area contributed by atoms with E-state index >= 15 is 0 Å². The quantitative estimate of drug-likeness (QED) is 0.128. The molecule has 0 aromatic heterocycles. The van der Waals surface area contributed by atoms with E-state index in [0.717, 1.165) is 0 Å². The Morgan fingerprint density at radius 3 is 1.43 bits per heavy atom. The van der Waals surface area contributed by atoms with Crippen LogP contribution in [0.5, 0.6) is 0 Å². The lowest BCUT2D eigenvalue weighted by Gasteiger charge is -2.15. The highest BCUT2D eigenvalue weighted by Crippen LogP contribution is 1.96. The summed E-state index contributed by atoms with van der Waals surface area (Å²) in [6.45, 7) is 0. The first-order valence-corrected chi connectivity index (χ1v) is 5.10. The van der Waals surface area contributed by atoms with Crippen molar-refractivity contribution in [2.24, 2.45) is 11.7 Å². The van der Waals surface area contributed by atoms with Gasteiger partial charge < -0.3 is 0 Å². The van der Waals surface area contributed by atoms with Gasteiger partial charge in [0.05, 0.1) is 12.1 Å². The molecule has 0 aliphatic carbocycles. The van der Waals surface area contributed by atoms with Crippen LogP contribution in [-0.4, -0.2) is 35.2 Å². The molecule has 0 aliphatic heterocycles. The Kier molecular flexibility index (Phi) is 7.15. The number of thiol groups is 2. The number of hydrogen-bond donors (Lipinski definition) is 6. The Hall–Kier alpha value is -0.120. The van der Waals surface area contributed by atoms with Crippen molar-refractivity contribution in [1.29, 1.82) is 0 Å². The molecule has 0 radical (unpaired) electrons. The van der Waals surface area contributed by atoms with E-state index < -0.39 is 23.7 Å². The number of nitrogens with one attached hydrogen (secondary N) is 2. The first kappa shape index (κ1) is 13.9. The third-order valence-corrected chi connectivity index (χ3v) is 2.37. The number of hydrazine groups is 2. The Morgan fingerprint density at radius 2 is 1.29 bits per heavy atom. The number of carbonyl (C=O) groups excluding carboxylic acids is 2. The molecule has 0 heterocycles. The van der Waals surface area contributed by atoms with Crippen molar-refractivity contribution < 1.29 is 9.59 Å². The van der Waals surface area contributed by atoms with E-state index in [-0.39, 0.29) is 11.5 Å². The van der Waals surface area contributed by atoms with Crippen LogP contribution < -0.4 is 22.5 Å². The van der Waals surface area contributed by atoms with Gasteiger partial charge in [0, 0.05) is 11.5 Å². The highest BCUT2D eigenvalue weighted by Gasteiger charge is 2.28. The van der Waals surface area contributed by atoms with Crippen LogP contribution in [0.25, 0.3) is 0 Å². The maximum atomic E-state index is 11.4. The molecule has 0 aromatic carbocycles. The predicted molar refractivity (Wildman–Crippen MR) is 59.9 cm³/mol. The maximum Gasteiger partial charge on any atom is 0.219 e. The summed E-state index contributed by atoms with van der Waals surface area (Å²) in [6.07, 6.45) is 0. The summed E-state index contributed by atoms with van der Waals surface area (Å²) in [5.41, 5.74) is 4.39. The third-order valence-electron chi connectivity index (χ3n) is 1.64. The molecule has 6 nitrogen and oxygen atoms in total. The van der Waals surface area contributed by atoms with Gasteiger partial charge in [0.15, 0.2) is 0 Å². The molecule has 2 atom stereocenters. The van der Waals surface area contributed by atoms with Crippen LogP contribution in [-0.2, 0) is 9.59 Å². The molecule has 0 rings (SSSR count). The number of nitrogens with two attached hydrogens (primary N) is 2. The summed E-state index contributed by atoms with van der Waals surface area (Å²) in [4.78, 5) is 22.8. The van der Waals surface area contributed by atoms with Gasteiger partial charge in [-0.2, -0.15) is 25.3 Å². The zero-order valence-electron chi connectivity index (χ0n) is 7.43. The van der Waals surface area contributed by atoms with Gasteiger partial charge >= 0.3 is 0 Å². The second kappa shape index (κ2) is 7.21. The smallest absolute Gasteiger partial charge is 0.219 e. The van der Waals surface area contributed by atoms with E-state index in [9.17, 15) is 9.59 Å². The Morgan fingerprint density at radius 1 is 1.00 bits per heavy atom. The van der Waals surface area contributed by atoms with E-state index in [1.54, 1.807) is 0 Å². The zero-order valence-corrected chi connectivity index (χ0v) is 9.22. The van der Waals surface area contributed by atoms with Gasteiger partial charge in [0.25, 0.3) is 0 Å². The van der Waals surface area contributed by atoms with Gasteiger partial charge in [0.2, 0.25) is 11.6 Å². The second-order valence-electron chi connectivity index (χ2n) is 2.53. The second-order valence-corrected chi connectivity index (χ2v) is 3.26. The molecule has 0 saturated heterocycles. The van der Waals surface area contributed by atoms with Crippen molar-refractivity contribution in [3.63, 3.8) is 0 Å². The van der Waals surface area contributed by atoms with Crippen molar-refractivity contribution >= 4 is 36.8 Å². The van der Waals surface area contributed by atoms with Crippen LogP contribution in [0.15, 0.2) is 0 Å². The third kappa shape index (κ3) is 3.56. The summed E-state index contributed by atoms with van der Waals surface area (Å²) >= 11 is 7.74. The van der Waals surface area contributed by atoms with Gasteiger partial charge in [-0.1, -0.05) is 0 Å². The molecule has 0 bridgehead atoms. The molecule has 0 aromatic rings. The normalized spacial score (nSPS) is 14.9. The van der Waals surface area contributed by atoms with Crippen LogP contribution in [0, 0.1) is 0 Å². The monoisotopic (exact) mass is 238 g/mol. The van der Waals surface area contributed by atoms with Gasteiger partial charge in [-0.25, -0.2) is 10.9 Å². The molecule has 0 fully saturated rings. The number of Topliss-reactive ketones (excluding diaryl/α,β-unsaturated/α-hetero) is 2. The molecule has 6 N–H and O–H groups in total. The molecule has 8 heteroatoms. The Bertz CT molecular complexity index is 184. The van der Waals surface area contributed by atoms with Gasteiger partial charge in [0.1, 0.15) is 0 Å². The van der Waals surface area contributed by atoms with E-state index in [1.165, 1.54) is 0 Å². The predicted octanol–water partition coefficient (Wildman–Crippen LogP) is -2.35.